The van der Waals surface area contributed by atoms with E-state index in [1.54, 1.807) is 0 Å². The van der Waals surface area contributed by atoms with Gasteiger partial charge in [0, 0.05) is 26.2 Å². The van der Waals surface area contributed by atoms with E-state index in [2.05, 4.69) is 31.2 Å². The molecule has 96 valence electrons. The highest BCUT2D eigenvalue weighted by atomic mass is 16.5. The molecular formula is C13H28N2O. The van der Waals surface area contributed by atoms with Crippen LogP contribution in [0.4, 0.5) is 0 Å². The van der Waals surface area contributed by atoms with Gasteiger partial charge in [0.2, 0.25) is 0 Å². The van der Waals surface area contributed by atoms with E-state index in [-0.39, 0.29) is 0 Å². The largest absolute Gasteiger partial charge is 0.381 e. The Labute approximate surface area is 101 Å². The van der Waals surface area contributed by atoms with Crippen molar-refractivity contribution in [3.63, 3.8) is 0 Å². The molecular weight excluding hydrogens is 200 g/mol. The SMILES string of the molecule is CC[C@@H]1CCC(OC)CC1NCCN(C)C. The van der Waals surface area contributed by atoms with Gasteiger partial charge in [0.15, 0.2) is 0 Å². The van der Waals surface area contributed by atoms with Crippen molar-refractivity contribution < 1.29 is 4.74 Å². The number of nitrogens with one attached hydrogen (secondary N) is 1. The number of nitrogens with zero attached hydrogens (tertiary/aromatic N) is 1. The zero-order valence-corrected chi connectivity index (χ0v) is 11.3. The molecule has 0 aromatic rings. The van der Waals surface area contributed by atoms with Crippen molar-refractivity contribution in [3.8, 4) is 0 Å². The van der Waals surface area contributed by atoms with Crippen molar-refractivity contribution >= 4 is 0 Å². The summed E-state index contributed by atoms with van der Waals surface area (Å²) in [6.07, 6.45) is 5.49. The van der Waals surface area contributed by atoms with E-state index in [1.165, 1.54) is 25.7 Å². The van der Waals surface area contributed by atoms with Crippen molar-refractivity contribution in [2.24, 2.45) is 5.92 Å². The van der Waals surface area contributed by atoms with Crippen LogP contribution in [0, 0.1) is 5.92 Å². The summed E-state index contributed by atoms with van der Waals surface area (Å²) in [7, 11) is 6.09. The fourth-order valence-electron chi connectivity index (χ4n) is 2.62. The van der Waals surface area contributed by atoms with Crippen molar-refractivity contribution in [2.75, 3.05) is 34.3 Å². The quantitative estimate of drug-likeness (QED) is 0.749. The van der Waals surface area contributed by atoms with Gasteiger partial charge in [-0.25, -0.2) is 0 Å². The standard InChI is InChI=1S/C13H28N2O/c1-5-11-6-7-12(16-4)10-13(11)14-8-9-15(2)3/h11-14H,5-10H2,1-4H3/t11-,12?,13?/m1/s1. The van der Waals surface area contributed by atoms with Crippen LogP contribution in [0.15, 0.2) is 0 Å². The molecule has 16 heavy (non-hydrogen) atoms. The van der Waals surface area contributed by atoms with Gasteiger partial charge in [-0.05, 0) is 39.3 Å². The summed E-state index contributed by atoms with van der Waals surface area (Å²) in [6, 6.07) is 0.656. The summed E-state index contributed by atoms with van der Waals surface area (Å²) >= 11 is 0. The highest BCUT2D eigenvalue weighted by Gasteiger charge is 2.28. The van der Waals surface area contributed by atoms with Gasteiger partial charge in [-0.15, -0.1) is 0 Å². The Balaban J connectivity index is 2.33. The summed E-state index contributed by atoms with van der Waals surface area (Å²) in [4.78, 5) is 2.23. The van der Waals surface area contributed by atoms with Crippen molar-refractivity contribution in [1.82, 2.24) is 10.2 Å². The van der Waals surface area contributed by atoms with Crippen LogP contribution >= 0.6 is 0 Å². The zero-order valence-electron chi connectivity index (χ0n) is 11.3. The topological polar surface area (TPSA) is 24.5 Å². The maximum Gasteiger partial charge on any atom is 0.0586 e. The molecule has 0 heterocycles. The summed E-state index contributed by atoms with van der Waals surface area (Å²) in [6.45, 7) is 4.51. The first-order valence-corrected chi connectivity index (χ1v) is 6.58. The van der Waals surface area contributed by atoms with Gasteiger partial charge in [-0.1, -0.05) is 13.3 Å². The summed E-state index contributed by atoms with van der Waals surface area (Å²) in [5.41, 5.74) is 0. The van der Waals surface area contributed by atoms with Gasteiger partial charge >= 0.3 is 0 Å². The average Bonchev–Trinajstić information content (AvgIpc) is 2.28. The minimum Gasteiger partial charge on any atom is -0.381 e. The third-order valence-electron chi connectivity index (χ3n) is 3.77. The maximum atomic E-state index is 5.49. The van der Waals surface area contributed by atoms with E-state index in [0.29, 0.717) is 12.1 Å². The van der Waals surface area contributed by atoms with Crippen molar-refractivity contribution in [3.05, 3.63) is 0 Å². The monoisotopic (exact) mass is 228 g/mol. The first kappa shape index (κ1) is 13.9. The molecule has 0 aliphatic heterocycles. The third kappa shape index (κ3) is 4.40. The highest BCUT2D eigenvalue weighted by molar-refractivity contribution is 4.85. The van der Waals surface area contributed by atoms with E-state index in [4.69, 9.17) is 4.74 Å². The normalized spacial score (nSPS) is 30.9. The van der Waals surface area contributed by atoms with E-state index < -0.39 is 0 Å². The van der Waals surface area contributed by atoms with Gasteiger partial charge < -0.3 is 15.0 Å². The van der Waals surface area contributed by atoms with Gasteiger partial charge in [0.05, 0.1) is 6.10 Å². The molecule has 0 amide bonds. The van der Waals surface area contributed by atoms with E-state index in [0.717, 1.165) is 19.0 Å². The lowest BCUT2D eigenvalue weighted by atomic mass is 9.81. The predicted octanol–water partition coefficient (Wildman–Crippen LogP) is 1.73. The summed E-state index contributed by atoms with van der Waals surface area (Å²) < 4.78 is 5.49. The van der Waals surface area contributed by atoms with Crippen LogP contribution in [-0.4, -0.2) is 51.3 Å². The smallest absolute Gasteiger partial charge is 0.0586 e. The number of likely N-dealkylation sites (N-methyl/N-ethyl adjacent to an activating group) is 1. The van der Waals surface area contributed by atoms with Crippen LogP contribution < -0.4 is 5.32 Å². The Morgan fingerprint density at radius 1 is 1.31 bits per heavy atom. The molecule has 2 unspecified atom stereocenters. The van der Waals surface area contributed by atoms with E-state index in [9.17, 15) is 0 Å². The molecule has 1 saturated carbocycles. The molecule has 3 atom stereocenters. The number of hydrogen-bond donors (Lipinski definition) is 1. The third-order valence-corrected chi connectivity index (χ3v) is 3.77. The molecule has 0 aromatic carbocycles. The van der Waals surface area contributed by atoms with Crippen molar-refractivity contribution in [1.29, 1.82) is 0 Å². The molecule has 3 heteroatoms. The van der Waals surface area contributed by atoms with Crippen LogP contribution in [0.3, 0.4) is 0 Å². The molecule has 0 bridgehead atoms. The molecule has 1 fully saturated rings. The first-order valence-electron chi connectivity index (χ1n) is 6.58. The molecule has 0 saturated heterocycles. The lowest BCUT2D eigenvalue weighted by Gasteiger charge is -2.36. The Bertz CT molecular complexity index is 185. The second-order valence-electron chi connectivity index (χ2n) is 5.20. The predicted molar refractivity (Wildman–Crippen MR) is 68.8 cm³/mol. The lowest BCUT2D eigenvalue weighted by Crippen LogP contribution is -2.45. The molecule has 1 aliphatic carbocycles. The Morgan fingerprint density at radius 2 is 2.06 bits per heavy atom. The molecule has 0 radical (unpaired) electrons. The maximum absolute atomic E-state index is 5.49. The minimum absolute atomic E-state index is 0.472. The van der Waals surface area contributed by atoms with Gasteiger partial charge in [0.25, 0.3) is 0 Å². The molecule has 1 aliphatic rings. The number of ether oxygens (including phenoxy) is 1. The van der Waals surface area contributed by atoms with Gasteiger partial charge in [-0.2, -0.15) is 0 Å². The first-order chi connectivity index (χ1) is 7.67. The molecule has 0 aromatic heterocycles. The minimum atomic E-state index is 0.472. The molecule has 0 spiro atoms. The molecule has 3 nitrogen and oxygen atoms in total. The average molecular weight is 228 g/mol. The Kier molecular flexibility index (Phi) is 6.32. The van der Waals surface area contributed by atoms with Crippen LogP contribution in [0.25, 0.3) is 0 Å². The molecule has 1 rings (SSSR count). The number of hydrogen-bond acceptors (Lipinski definition) is 3. The van der Waals surface area contributed by atoms with Gasteiger partial charge in [0.1, 0.15) is 0 Å². The zero-order chi connectivity index (χ0) is 12.0. The van der Waals surface area contributed by atoms with Crippen LogP contribution in [-0.2, 0) is 4.74 Å². The van der Waals surface area contributed by atoms with E-state index in [1.807, 2.05) is 7.11 Å². The van der Waals surface area contributed by atoms with Crippen LogP contribution in [0.2, 0.25) is 0 Å². The van der Waals surface area contributed by atoms with Gasteiger partial charge in [-0.3, -0.25) is 0 Å². The second kappa shape index (κ2) is 7.25. The summed E-state index contributed by atoms with van der Waals surface area (Å²) in [5.74, 6) is 0.841. The molecule has 1 N–H and O–H groups in total. The van der Waals surface area contributed by atoms with Crippen molar-refractivity contribution in [2.45, 2.75) is 44.8 Å². The Morgan fingerprint density at radius 3 is 2.62 bits per heavy atom. The highest BCUT2D eigenvalue weighted by Crippen LogP contribution is 2.28. The van der Waals surface area contributed by atoms with Crippen LogP contribution in [0.5, 0.6) is 0 Å². The second-order valence-corrected chi connectivity index (χ2v) is 5.20. The fourth-order valence-corrected chi connectivity index (χ4v) is 2.62. The van der Waals surface area contributed by atoms with Crippen LogP contribution in [0.1, 0.15) is 32.6 Å². The lowest BCUT2D eigenvalue weighted by molar-refractivity contribution is 0.0392. The number of methoxy groups -OCH3 is 1. The number of rotatable bonds is 6. The van der Waals surface area contributed by atoms with E-state index >= 15 is 0 Å². The fraction of sp³-hybridized carbons (Fsp3) is 1.00. The summed E-state index contributed by atoms with van der Waals surface area (Å²) in [5, 5.41) is 3.70. The Hall–Kier alpha value is -0.120.